The molecule has 3 N–H and O–H groups in total. The molecule has 0 saturated carbocycles. The summed E-state index contributed by atoms with van der Waals surface area (Å²) in [6, 6.07) is 8.65. The molecular weight excluding hydrogens is 417 g/mol. The first-order valence-corrected chi connectivity index (χ1v) is 11.3. The van der Waals surface area contributed by atoms with Gasteiger partial charge in [-0.25, -0.2) is 19.3 Å². The van der Waals surface area contributed by atoms with Gasteiger partial charge in [-0.15, -0.1) is 0 Å². The Morgan fingerprint density at radius 3 is 2.73 bits per heavy atom. The number of hydrogen-bond donors (Lipinski definition) is 3. The average Bonchev–Trinajstić information content (AvgIpc) is 3.25. The van der Waals surface area contributed by atoms with E-state index in [9.17, 15) is 4.39 Å². The summed E-state index contributed by atoms with van der Waals surface area (Å²) in [4.78, 5) is 19.6. The Balaban J connectivity index is 1.57. The van der Waals surface area contributed by atoms with Gasteiger partial charge in [-0.1, -0.05) is 13.8 Å². The average molecular weight is 446 g/mol. The standard InChI is InChI=1S/C25H28FN7/c1-15(2)19-12-29-23(17-4-6-18(26)7-5-17)32-24(19)31-20-8-9-28-25-22(20)21(13-30-25)33-11-10-27-16(3)14-33/h4-9,12-13,15-16,27H,10-11,14H2,1-3H3,(H2,28,29,30,31,32)/t16-/m0/s1. The first-order chi connectivity index (χ1) is 16.0. The Hall–Kier alpha value is -3.52. The van der Waals surface area contributed by atoms with Crippen LogP contribution in [0.2, 0.25) is 0 Å². The summed E-state index contributed by atoms with van der Waals surface area (Å²) in [5, 5.41) is 8.11. The van der Waals surface area contributed by atoms with Gasteiger partial charge in [-0.3, -0.25) is 0 Å². The molecule has 1 atom stereocenters. The van der Waals surface area contributed by atoms with E-state index in [0.717, 1.165) is 59.0 Å². The van der Waals surface area contributed by atoms with Gasteiger partial charge >= 0.3 is 0 Å². The lowest BCUT2D eigenvalue weighted by atomic mass is 10.1. The van der Waals surface area contributed by atoms with E-state index >= 15 is 0 Å². The van der Waals surface area contributed by atoms with Gasteiger partial charge in [0.2, 0.25) is 0 Å². The second kappa shape index (κ2) is 8.78. The van der Waals surface area contributed by atoms with Crippen molar-refractivity contribution in [2.24, 2.45) is 0 Å². The summed E-state index contributed by atoms with van der Waals surface area (Å²) in [7, 11) is 0. The maximum absolute atomic E-state index is 13.4. The Morgan fingerprint density at radius 2 is 1.97 bits per heavy atom. The number of aromatic nitrogens is 4. The smallest absolute Gasteiger partial charge is 0.161 e. The van der Waals surface area contributed by atoms with E-state index < -0.39 is 0 Å². The number of benzene rings is 1. The molecule has 4 heterocycles. The number of nitrogens with zero attached hydrogens (tertiary/aromatic N) is 4. The second-order valence-electron chi connectivity index (χ2n) is 8.84. The van der Waals surface area contributed by atoms with Gasteiger partial charge in [0.1, 0.15) is 17.3 Å². The van der Waals surface area contributed by atoms with Crippen LogP contribution in [-0.4, -0.2) is 45.6 Å². The van der Waals surface area contributed by atoms with Crippen LogP contribution < -0.4 is 15.5 Å². The van der Waals surface area contributed by atoms with E-state index in [1.165, 1.54) is 12.1 Å². The normalized spacial score (nSPS) is 16.5. The lowest BCUT2D eigenvalue weighted by molar-refractivity contribution is 0.485. The maximum atomic E-state index is 13.4. The number of hydrogen-bond acceptors (Lipinski definition) is 6. The van der Waals surface area contributed by atoms with Crippen molar-refractivity contribution in [3.05, 3.63) is 60.3 Å². The van der Waals surface area contributed by atoms with Crippen molar-refractivity contribution in [3.63, 3.8) is 0 Å². The van der Waals surface area contributed by atoms with E-state index in [0.29, 0.717) is 11.9 Å². The Morgan fingerprint density at radius 1 is 1.15 bits per heavy atom. The second-order valence-corrected chi connectivity index (χ2v) is 8.84. The van der Waals surface area contributed by atoms with Gasteiger partial charge in [-0.2, -0.15) is 0 Å². The van der Waals surface area contributed by atoms with E-state index in [1.807, 2.05) is 18.5 Å². The van der Waals surface area contributed by atoms with Crippen molar-refractivity contribution in [1.29, 1.82) is 0 Å². The number of halogens is 1. The molecule has 0 unspecified atom stereocenters. The van der Waals surface area contributed by atoms with Crippen molar-refractivity contribution >= 4 is 28.2 Å². The number of fused-ring (bicyclic) bond motifs is 1. The number of rotatable bonds is 5. The minimum absolute atomic E-state index is 0.229. The molecule has 0 bridgehead atoms. The first kappa shape index (κ1) is 21.3. The fourth-order valence-corrected chi connectivity index (χ4v) is 4.32. The van der Waals surface area contributed by atoms with Crippen LogP contribution in [0.15, 0.2) is 48.9 Å². The monoisotopic (exact) mass is 445 g/mol. The van der Waals surface area contributed by atoms with E-state index in [1.54, 1.807) is 18.3 Å². The van der Waals surface area contributed by atoms with Gasteiger partial charge in [0.05, 0.1) is 16.8 Å². The molecule has 0 radical (unpaired) electrons. The molecule has 1 aliphatic heterocycles. The van der Waals surface area contributed by atoms with Gasteiger partial charge in [0.25, 0.3) is 0 Å². The van der Waals surface area contributed by atoms with Crippen LogP contribution in [0, 0.1) is 5.82 Å². The first-order valence-electron chi connectivity index (χ1n) is 11.3. The molecular formula is C25H28FN7. The van der Waals surface area contributed by atoms with Crippen LogP contribution >= 0.6 is 0 Å². The number of H-pyrrole nitrogens is 1. The van der Waals surface area contributed by atoms with Gasteiger partial charge in [-0.05, 0) is 43.2 Å². The third-order valence-corrected chi connectivity index (χ3v) is 6.06. The molecule has 1 saturated heterocycles. The summed E-state index contributed by atoms with van der Waals surface area (Å²) >= 11 is 0. The maximum Gasteiger partial charge on any atom is 0.161 e. The zero-order chi connectivity index (χ0) is 22.9. The molecule has 0 spiro atoms. The van der Waals surface area contributed by atoms with Gasteiger partial charge < -0.3 is 20.5 Å². The summed E-state index contributed by atoms with van der Waals surface area (Å²) in [6.45, 7) is 9.25. The molecule has 3 aromatic heterocycles. The third kappa shape index (κ3) is 4.26. The molecule has 4 aromatic rings. The van der Waals surface area contributed by atoms with Crippen LogP contribution in [-0.2, 0) is 0 Å². The van der Waals surface area contributed by atoms with Gasteiger partial charge in [0, 0.05) is 55.4 Å². The van der Waals surface area contributed by atoms with E-state index in [2.05, 4.69) is 51.3 Å². The number of piperazine rings is 1. The third-order valence-electron chi connectivity index (χ3n) is 6.06. The highest BCUT2D eigenvalue weighted by atomic mass is 19.1. The predicted molar refractivity (Wildman–Crippen MR) is 131 cm³/mol. The van der Waals surface area contributed by atoms with E-state index in [4.69, 9.17) is 4.98 Å². The summed E-state index contributed by atoms with van der Waals surface area (Å²) in [5.41, 5.74) is 4.69. The molecule has 1 aliphatic rings. The number of nitrogens with one attached hydrogen (secondary N) is 3. The van der Waals surface area contributed by atoms with Crippen molar-refractivity contribution < 1.29 is 4.39 Å². The summed E-state index contributed by atoms with van der Waals surface area (Å²) in [6.07, 6.45) is 5.68. The molecule has 1 aromatic carbocycles. The zero-order valence-corrected chi connectivity index (χ0v) is 19.1. The highest BCUT2D eigenvalue weighted by Crippen LogP contribution is 2.35. The topological polar surface area (TPSA) is 81.8 Å². The molecule has 1 fully saturated rings. The number of anilines is 3. The Labute approximate surface area is 192 Å². The van der Waals surface area contributed by atoms with Crippen LogP contribution in [0.5, 0.6) is 0 Å². The minimum Gasteiger partial charge on any atom is -0.367 e. The zero-order valence-electron chi connectivity index (χ0n) is 19.1. The predicted octanol–water partition coefficient (Wildman–Crippen LogP) is 4.82. The van der Waals surface area contributed by atoms with Crippen LogP contribution in [0.4, 0.5) is 21.6 Å². The molecule has 0 amide bonds. The van der Waals surface area contributed by atoms with Crippen molar-refractivity contribution in [2.75, 3.05) is 29.9 Å². The SMILES string of the molecule is CC(C)c1cnc(-c2ccc(F)cc2)nc1Nc1ccnc2[nH]cc(N3CCN[C@@H](C)C3)c12. The fraction of sp³-hybridized carbons (Fsp3) is 0.320. The number of pyridine rings is 1. The largest absolute Gasteiger partial charge is 0.367 e. The lowest BCUT2D eigenvalue weighted by Gasteiger charge is -2.33. The van der Waals surface area contributed by atoms with Gasteiger partial charge in [0.15, 0.2) is 5.82 Å². The van der Waals surface area contributed by atoms with Crippen LogP contribution in [0.1, 0.15) is 32.3 Å². The highest BCUT2D eigenvalue weighted by Gasteiger charge is 2.21. The highest BCUT2D eigenvalue weighted by molar-refractivity contribution is 6.01. The fourth-order valence-electron chi connectivity index (χ4n) is 4.32. The molecule has 0 aliphatic carbocycles. The van der Waals surface area contributed by atoms with Crippen LogP contribution in [0.3, 0.4) is 0 Å². The molecule has 7 nitrogen and oxygen atoms in total. The van der Waals surface area contributed by atoms with Crippen molar-refractivity contribution in [3.8, 4) is 11.4 Å². The van der Waals surface area contributed by atoms with Crippen LogP contribution in [0.25, 0.3) is 22.4 Å². The Bertz CT molecular complexity index is 1270. The quantitative estimate of drug-likeness (QED) is 0.408. The van der Waals surface area contributed by atoms with E-state index in [-0.39, 0.29) is 11.7 Å². The minimum atomic E-state index is -0.280. The molecule has 5 rings (SSSR count). The number of aromatic amines is 1. The Kier molecular flexibility index (Phi) is 5.68. The summed E-state index contributed by atoms with van der Waals surface area (Å²) in [5.74, 6) is 1.24. The van der Waals surface area contributed by atoms with Crippen molar-refractivity contribution in [2.45, 2.75) is 32.7 Å². The molecule has 8 heteroatoms. The summed E-state index contributed by atoms with van der Waals surface area (Å²) < 4.78 is 13.4. The molecule has 170 valence electrons. The lowest BCUT2D eigenvalue weighted by Crippen LogP contribution is -2.49. The van der Waals surface area contributed by atoms with Crippen molar-refractivity contribution in [1.82, 2.24) is 25.3 Å². The molecule has 33 heavy (non-hydrogen) atoms.